The molecule has 0 spiro atoms. The molecule has 0 atom stereocenters. The van der Waals surface area contributed by atoms with E-state index in [-0.39, 0.29) is 11.5 Å². The number of aromatic nitrogens is 1. The molecule has 0 fully saturated rings. The first kappa shape index (κ1) is 15.3. The SMILES string of the molecule is Cc1cc(C)c2nc(-c3cccc(C(F)(F)F)c3)oc(=O)c2c1. The third kappa shape index (κ3) is 2.84. The molecule has 0 unspecified atom stereocenters. The summed E-state index contributed by atoms with van der Waals surface area (Å²) in [6.07, 6.45) is -4.47. The standard InChI is InChI=1S/C17H12F3NO2/c1-9-6-10(2)14-13(7-9)16(22)23-15(21-14)11-4-3-5-12(8-11)17(18,19)20/h3-8H,1-2H3. The minimum Gasteiger partial charge on any atom is -0.403 e. The van der Waals surface area contributed by atoms with Crippen molar-refractivity contribution in [2.75, 3.05) is 0 Å². The summed E-state index contributed by atoms with van der Waals surface area (Å²) in [6.45, 7) is 3.63. The third-order valence-corrected chi connectivity index (χ3v) is 3.50. The largest absolute Gasteiger partial charge is 0.416 e. The van der Waals surface area contributed by atoms with Crippen molar-refractivity contribution in [3.8, 4) is 11.5 Å². The summed E-state index contributed by atoms with van der Waals surface area (Å²) in [4.78, 5) is 16.4. The normalized spacial score (nSPS) is 11.9. The van der Waals surface area contributed by atoms with Crippen LogP contribution in [0.25, 0.3) is 22.4 Å². The van der Waals surface area contributed by atoms with Gasteiger partial charge in [0.25, 0.3) is 0 Å². The van der Waals surface area contributed by atoms with E-state index in [1.165, 1.54) is 12.1 Å². The summed E-state index contributed by atoms with van der Waals surface area (Å²) in [5.41, 5.74) is 0.754. The lowest BCUT2D eigenvalue weighted by Crippen LogP contribution is -2.06. The highest BCUT2D eigenvalue weighted by atomic mass is 19.4. The summed E-state index contributed by atoms with van der Waals surface area (Å²) in [7, 11) is 0. The van der Waals surface area contributed by atoms with Gasteiger partial charge < -0.3 is 4.42 Å². The van der Waals surface area contributed by atoms with Crippen LogP contribution in [-0.2, 0) is 6.18 Å². The Morgan fingerprint density at radius 2 is 1.83 bits per heavy atom. The molecule has 0 amide bonds. The van der Waals surface area contributed by atoms with E-state index in [2.05, 4.69) is 4.98 Å². The minimum atomic E-state index is -4.47. The number of benzene rings is 2. The molecule has 0 aliphatic heterocycles. The minimum absolute atomic E-state index is 0.110. The van der Waals surface area contributed by atoms with Crippen molar-refractivity contribution in [1.29, 1.82) is 0 Å². The zero-order chi connectivity index (χ0) is 16.8. The summed E-state index contributed by atoms with van der Waals surface area (Å²) in [5, 5.41) is 0.318. The zero-order valence-corrected chi connectivity index (χ0v) is 12.4. The molecule has 3 rings (SSSR count). The molecular weight excluding hydrogens is 307 g/mol. The van der Waals surface area contributed by atoms with E-state index >= 15 is 0 Å². The number of fused-ring (bicyclic) bond motifs is 1. The quantitative estimate of drug-likeness (QED) is 0.663. The molecule has 0 saturated heterocycles. The molecule has 0 radical (unpaired) electrons. The molecule has 2 aromatic carbocycles. The van der Waals surface area contributed by atoms with Gasteiger partial charge >= 0.3 is 11.8 Å². The van der Waals surface area contributed by atoms with Gasteiger partial charge in [-0.3, -0.25) is 0 Å². The maximum absolute atomic E-state index is 12.8. The number of hydrogen-bond acceptors (Lipinski definition) is 3. The van der Waals surface area contributed by atoms with Gasteiger partial charge in [-0.2, -0.15) is 13.2 Å². The van der Waals surface area contributed by atoms with Crippen LogP contribution in [0.1, 0.15) is 16.7 Å². The van der Waals surface area contributed by atoms with E-state index in [0.717, 1.165) is 23.3 Å². The Hall–Kier alpha value is -2.63. The topological polar surface area (TPSA) is 43.1 Å². The number of nitrogens with zero attached hydrogens (tertiary/aromatic N) is 1. The van der Waals surface area contributed by atoms with Gasteiger partial charge in [0.15, 0.2) is 0 Å². The molecule has 0 bridgehead atoms. The van der Waals surface area contributed by atoms with Crippen LogP contribution in [0, 0.1) is 13.8 Å². The maximum Gasteiger partial charge on any atom is 0.416 e. The molecule has 1 aromatic heterocycles. The maximum atomic E-state index is 12.8. The molecule has 118 valence electrons. The second-order valence-electron chi connectivity index (χ2n) is 5.36. The molecule has 3 nitrogen and oxygen atoms in total. The molecule has 3 aromatic rings. The summed E-state index contributed by atoms with van der Waals surface area (Å²) >= 11 is 0. The van der Waals surface area contributed by atoms with E-state index in [1.54, 1.807) is 13.0 Å². The van der Waals surface area contributed by atoms with Crippen LogP contribution in [0.4, 0.5) is 13.2 Å². The fraction of sp³-hybridized carbons (Fsp3) is 0.176. The van der Waals surface area contributed by atoms with Gasteiger partial charge in [0.05, 0.1) is 16.5 Å². The van der Waals surface area contributed by atoms with Crippen LogP contribution in [0.15, 0.2) is 45.6 Å². The van der Waals surface area contributed by atoms with E-state index in [1.807, 2.05) is 13.0 Å². The third-order valence-electron chi connectivity index (χ3n) is 3.50. The Bertz CT molecular complexity index is 958. The monoisotopic (exact) mass is 319 g/mol. The predicted octanol–water partition coefficient (Wildman–Crippen LogP) is 4.49. The Morgan fingerprint density at radius 3 is 2.52 bits per heavy atom. The average Bonchev–Trinajstić information content (AvgIpc) is 2.47. The smallest absolute Gasteiger partial charge is 0.403 e. The van der Waals surface area contributed by atoms with Gasteiger partial charge in [0, 0.05) is 5.56 Å². The van der Waals surface area contributed by atoms with Crippen molar-refractivity contribution in [2.24, 2.45) is 0 Å². The van der Waals surface area contributed by atoms with Gasteiger partial charge in [-0.15, -0.1) is 0 Å². The van der Waals surface area contributed by atoms with Crippen LogP contribution >= 0.6 is 0 Å². The Labute approximate surface area is 129 Å². The van der Waals surface area contributed by atoms with Crippen molar-refractivity contribution < 1.29 is 17.6 Å². The molecule has 0 aliphatic rings. The number of aryl methyl sites for hydroxylation is 2. The summed E-state index contributed by atoms with van der Waals surface area (Å²) in [6, 6.07) is 8.06. The molecule has 0 aliphatic carbocycles. The van der Waals surface area contributed by atoms with E-state index in [0.29, 0.717) is 10.9 Å². The number of alkyl halides is 3. The Morgan fingerprint density at radius 1 is 1.09 bits per heavy atom. The number of hydrogen-bond donors (Lipinski definition) is 0. The lowest BCUT2D eigenvalue weighted by molar-refractivity contribution is -0.137. The first-order chi connectivity index (χ1) is 10.8. The van der Waals surface area contributed by atoms with E-state index < -0.39 is 17.4 Å². The molecule has 0 saturated carbocycles. The molecule has 0 N–H and O–H groups in total. The lowest BCUT2D eigenvalue weighted by atomic mass is 10.1. The fourth-order valence-corrected chi connectivity index (χ4v) is 2.48. The van der Waals surface area contributed by atoms with Crippen molar-refractivity contribution >= 4 is 10.9 Å². The Balaban J connectivity index is 2.24. The molecule has 23 heavy (non-hydrogen) atoms. The second kappa shape index (κ2) is 5.22. The first-order valence-electron chi connectivity index (χ1n) is 6.85. The van der Waals surface area contributed by atoms with Crippen molar-refractivity contribution in [2.45, 2.75) is 20.0 Å². The van der Waals surface area contributed by atoms with Crippen LogP contribution in [-0.4, -0.2) is 4.98 Å². The van der Waals surface area contributed by atoms with Crippen LogP contribution < -0.4 is 5.63 Å². The van der Waals surface area contributed by atoms with E-state index in [4.69, 9.17) is 4.42 Å². The first-order valence-corrected chi connectivity index (χ1v) is 6.85. The van der Waals surface area contributed by atoms with Gasteiger partial charge in [0.1, 0.15) is 0 Å². The highest BCUT2D eigenvalue weighted by Crippen LogP contribution is 2.32. The predicted molar refractivity (Wildman–Crippen MR) is 80.2 cm³/mol. The van der Waals surface area contributed by atoms with Crippen LogP contribution in [0.2, 0.25) is 0 Å². The highest BCUT2D eigenvalue weighted by Gasteiger charge is 2.30. The molecule has 1 heterocycles. The van der Waals surface area contributed by atoms with Crippen molar-refractivity contribution in [3.05, 3.63) is 63.5 Å². The summed E-state index contributed by atoms with van der Waals surface area (Å²) in [5.74, 6) is -0.124. The Kier molecular flexibility index (Phi) is 3.47. The van der Waals surface area contributed by atoms with Gasteiger partial charge in [-0.25, -0.2) is 9.78 Å². The van der Waals surface area contributed by atoms with E-state index in [9.17, 15) is 18.0 Å². The molecule has 6 heteroatoms. The lowest BCUT2D eigenvalue weighted by Gasteiger charge is -2.09. The fourth-order valence-electron chi connectivity index (χ4n) is 2.48. The van der Waals surface area contributed by atoms with Gasteiger partial charge in [-0.1, -0.05) is 12.1 Å². The zero-order valence-electron chi connectivity index (χ0n) is 12.4. The molecular formula is C17H12F3NO2. The van der Waals surface area contributed by atoms with Gasteiger partial charge in [0.2, 0.25) is 5.89 Å². The average molecular weight is 319 g/mol. The number of halogens is 3. The van der Waals surface area contributed by atoms with Crippen LogP contribution in [0.3, 0.4) is 0 Å². The van der Waals surface area contributed by atoms with Crippen LogP contribution in [0.5, 0.6) is 0 Å². The van der Waals surface area contributed by atoms with Crippen molar-refractivity contribution in [1.82, 2.24) is 4.98 Å². The summed E-state index contributed by atoms with van der Waals surface area (Å²) < 4.78 is 43.6. The van der Waals surface area contributed by atoms with Crippen molar-refractivity contribution in [3.63, 3.8) is 0 Å². The highest BCUT2D eigenvalue weighted by molar-refractivity contribution is 5.82. The number of rotatable bonds is 1. The second-order valence-corrected chi connectivity index (χ2v) is 5.36. The van der Waals surface area contributed by atoms with Gasteiger partial charge in [-0.05, 0) is 49.2 Å².